The number of hydrogen-bond donors (Lipinski definition) is 3. The Kier molecular flexibility index (Phi) is 9.01. The van der Waals surface area contributed by atoms with Crippen molar-refractivity contribution in [3.8, 4) is 0 Å². The van der Waals surface area contributed by atoms with Crippen LogP contribution in [0.25, 0.3) is 0 Å². The first-order valence-electron chi connectivity index (χ1n) is 13.7. The van der Waals surface area contributed by atoms with Crippen LogP contribution < -0.4 is 20.3 Å². The van der Waals surface area contributed by atoms with Crippen LogP contribution in [0.15, 0.2) is 48.7 Å². The van der Waals surface area contributed by atoms with E-state index in [4.69, 9.17) is 11.6 Å². The Bertz CT molecular complexity index is 1730. The predicted octanol–water partition coefficient (Wildman–Crippen LogP) is 4.86. The minimum atomic E-state index is -4.70. The van der Waals surface area contributed by atoms with Crippen molar-refractivity contribution in [2.45, 2.75) is 37.2 Å². The molecule has 238 valence electrons. The number of rotatable bonds is 10. The quantitative estimate of drug-likeness (QED) is 0.276. The van der Waals surface area contributed by atoms with Gasteiger partial charge in [0.2, 0.25) is 26.0 Å². The van der Waals surface area contributed by atoms with Crippen molar-refractivity contribution in [1.82, 2.24) is 19.0 Å². The molecule has 3 aromatic rings. The van der Waals surface area contributed by atoms with E-state index < -0.39 is 37.8 Å². The van der Waals surface area contributed by atoms with Crippen molar-refractivity contribution in [2.24, 2.45) is 0 Å². The first-order valence-corrected chi connectivity index (χ1v) is 17.5. The number of aromatic nitrogens is 2. The normalized spacial score (nSPS) is 17.4. The smallest absolute Gasteiger partial charge is 0.369 e. The molecule has 1 aliphatic carbocycles. The van der Waals surface area contributed by atoms with Gasteiger partial charge in [0.15, 0.2) is 5.82 Å². The summed E-state index contributed by atoms with van der Waals surface area (Å²) < 4.78 is 94.4. The highest BCUT2D eigenvalue weighted by Crippen LogP contribution is 2.39. The van der Waals surface area contributed by atoms with Gasteiger partial charge in [-0.05, 0) is 55.7 Å². The fraction of sp³-hybridized carbons (Fsp3) is 0.407. The lowest BCUT2D eigenvalue weighted by Gasteiger charge is -2.35. The van der Waals surface area contributed by atoms with Crippen LogP contribution in [-0.4, -0.2) is 68.8 Å². The Balaban J connectivity index is 1.30. The number of piperazine rings is 1. The molecule has 2 aliphatic rings. The van der Waals surface area contributed by atoms with Crippen LogP contribution in [0.4, 0.5) is 42.0 Å². The minimum absolute atomic E-state index is 0.128. The van der Waals surface area contributed by atoms with Crippen molar-refractivity contribution >= 4 is 60.5 Å². The molecular formula is C27H31ClF3N7O4S2. The fourth-order valence-corrected chi connectivity index (χ4v) is 7.31. The topological polar surface area (TPSA) is 137 Å². The Morgan fingerprint density at radius 3 is 2.23 bits per heavy atom. The monoisotopic (exact) mass is 673 g/mol. The van der Waals surface area contributed by atoms with E-state index in [1.54, 1.807) is 36.1 Å². The second kappa shape index (κ2) is 12.3. The van der Waals surface area contributed by atoms with E-state index >= 15 is 0 Å². The number of alkyl halides is 3. The third kappa shape index (κ3) is 7.72. The molecule has 44 heavy (non-hydrogen) atoms. The van der Waals surface area contributed by atoms with Gasteiger partial charge in [0.05, 0.1) is 29.0 Å². The molecule has 2 aromatic carbocycles. The number of benzene rings is 2. The van der Waals surface area contributed by atoms with Crippen LogP contribution in [0.2, 0.25) is 5.02 Å². The van der Waals surface area contributed by atoms with Crippen molar-refractivity contribution in [3.05, 3.63) is 64.8 Å². The van der Waals surface area contributed by atoms with Crippen LogP contribution in [0.1, 0.15) is 36.9 Å². The summed E-state index contributed by atoms with van der Waals surface area (Å²) in [5.74, 6) is 0.0185. The van der Waals surface area contributed by atoms with E-state index in [9.17, 15) is 30.0 Å². The number of sulfonamides is 2. The van der Waals surface area contributed by atoms with E-state index in [2.05, 4.69) is 25.3 Å². The Morgan fingerprint density at radius 1 is 0.977 bits per heavy atom. The lowest BCUT2D eigenvalue weighted by Crippen LogP contribution is -2.48. The van der Waals surface area contributed by atoms with Gasteiger partial charge in [-0.15, -0.1) is 0 Å². The van der Waals surface area contributed by atoms with Gasteiger partial charge in [-0.1, -0.05) is 23.7 Å². The maximum Gasteiger partial charge on any atom is 0.418 e. The van der Waals surface area contributed by atoms with Gasteiger partial charge in [-0.25, -0.2) is 26.5 Å². The third-order valence-corrected chi connectivity index (χ3v) is 11.0. The number of nitrogens with zero attached hydrogens (tertiary/aromatic N) is 4. The zero-order valence-corrected chi connectivity index (χ0v) is 26.2. The molecule has 0 bridgehead atoms. The maximum atomic E-state index is 14.1. The lowest BCUT2D eigenvalue weighted by atomic mass is 10.1. The third-order valence-electron chi connectivity index (χ3n) is 7.35. The molecule has 2 fully saturated rings. The van der Waals surface area contributed by atoms with Crippen LogP contribution in [0, 0.1) is 0 Å². The summed E-state index contributed by atoms with van der Waals surface area (Å²) in [7, 11) is -6.74. The molecule has 0 spiro atoms. The molecule has 3 N–H and O–H groups in total. The molecule has 17 heteroatoms. The van der Waals surface area contributed by atoms with Gasteiger partial charge >= 0.3 is 6.18 Å². The van der Waals surface area contributed by atoms with Crippen molar-refractivity contribution in [1.29, 1.82) is 0 Å². The van der Waals surface area contributed by atoms with Gasteiger partial charge in [-0.3, -0.25) is 0 Å². The van der Waals surface area contributed by atoms with E-state index in [1.807, 2.05) is 0 Å². The van der Waals surface area contributed by atoms with Crippen molar-refractivity contribution in [3.63, 3.8) is 0 Å². The maximum absolute atomic E-state index is 14.1. The second-order valence-electron chi connectivity index (χ2n) is 10.7. The van der Waals surface area contributed by atoms with Crippen LogP contribution in [0.5, 0.6) is 0 Å². The van der Waals surface area contributed by atoms with Gasteiger partial charge < -0.3 is 15.5 Å². The lowest BCUT2D eigenvalue weighted by molar-refractivity contribution is -0.136. The standard InChI is InChI=1S/C27H31ClF3N7O4S2/c1-17(36-44(41,42)21-8-9-21)18-3-5-19(6-4-18)33-25-23(28)16-32-26(35-25)34-24-10-7-20(15-22(24)27(29,30)31)37-11-13-38(14-12-37)43(2,39)40/h3-7,10,15-17,21,36H,8-9,11-14H2,1-2H3,(H2,32,33,34,35). The zero-order chi connectivity index (χ0) is 31.9. The molecule has 0 radical (unpaired) electrons. The first-order chi connectivity index (χ1) is 20.6. The molecule has 1 atom stereocenters. The molecule has 1 unspecified atom stereocenters. The summed E-state index contributed by atoms with van der Waals surface area (Å²) in [5.41, 5.74) is 0.422. The predicted molar refractivity (Wildman–Crippen MR) is 164 cm³/mol. The summed E-state index contributed by atoms with van der Waals surface area (Å²) in [6.07, 6.45) is -1.02. The molecule has 11 nitrogen and oxygen atoms in total. The van der Waals surface area contributed by atoms with Gasteiger partial charge in [0, 0.05) is 43.6 Å². The summed E-state index contributed by atoms with van der Waals surface area (Å²) in [5, 5.41) is 5.45. The fourth-order valence-electron chi connectivity index (χ4n) is 4.77. The average Bonchev–Trinajstić information content (AvgIpc) is 3.81. The highest BCUT2D eigenvalue weighted by atomic mass is 35.5. The molecule has 5 rings (SSSR count). The van der Waals surface area contributed by atoms with E-state index in [0.29, 0.717) is 24.2 Å². The molecule has 1 saturated heterocycles. The highest BCUT2D eigenvalue weighted by molar-refractivity contribution is 7.90. The Hall–Kier alpha value is -3.18. The second-order valence-corrected chi connectivity index (χ2v) is 15.1. The average molecular weight is 674 g/mol. The Labute approximate surface area is 258 Å². The number of nitrogens with one attached hydrogen (secondary N) is 3. The SMILES string of the molecule is CC(NS(=O)(=O)C1CC1)c1ccc(Nc2nc(Nc3ccc(N4CCN(S(C)(=O)=O)CC4)cc3C(F)(F)F)ncc2Cl)cc1. The van der Waals surface area contributed by atoms with E-state index in [-0.39, 0.29) is 53.9 Å². The molecule has 1 saturated carbocycles. The van der Waals surface area contributed by atoms with Crippen molar-refractivity contribution < 1.29 is 30.0 Å². The molecule has 1 aliphatic heterocycles. The van der Waals surface area contributed by atoms with Gasteiger partial charge in [0.25, 0.3) is 0 Å². The summed E-state index contributed by atoms with van der Waals surface area (Å²) in [4.78, 5) is 10.0. The van der Waals surface area contributed by atoms with Crippen LogP contribution in [0.3, 0.4) is 0 Å². The van der Waals surface area contributed by atoms with Gasteiger partial charge in [0.1, 0.15) is 5.02 Å². The summed E-state index contributed by atoms with van der Waals surface area (Å²) in [6, 6.07) is 10.3. The Morgan fingerprint density at radius 2 is 1.64 bits per heavy atom. The molecule has 0 amide bonds. The minimum Gasteiger partial charge on any atom is -0.369 e. The van der Waals surface area contributed by atoms with Gasteiger partial charge in [-0.2, -0.15) is 22.5 Å². The highest BCUT2D eigenvalue weighted by Gasteiger charge is 2.37. The van der Waals surface area contributed by atoms with Crippen LogP contribution in [-0.2, 0) is 26.2 Å². The van der Waals surface area contributed by atoms with E-state index in [0.717, 1.165) is 17.9 Å². The zero-order valence-electron chi connectivity index (χ0n) is 23.8. The molecule has 2 heterocycles. The molecule has 1 aromatic heterocycles. The molecular weight excluding hydrogens is 643 g/mol. The summed E-state index contributed by atoms with van der Waals surface area (Å²) in [6.45, 7) is 2.61. The van der Waals surface area contributed by atoms with Crippen molar-refractivity contribution in [2.75, 3.05) is 48.0 Å². The van der Waals surface area contributed by atoms with Crippen LogP contribution >= 0.6 is 11.6 Å². The summed E-state index contributed by atoms with van der Waals surface area (Å²) >= 11 is 6.27. The first kappa shape index (κ1) is 32.2. The van der Waals surface area contributed by atoms with E-state index in [1.165, 1.54) is 22.6 Å². The number of hydrogen-bond acceptors (Lipinski definition) is 9. The largest absolute Gasteiger partial charge is 0.418 e. The number of halogens is 4. The number of anilines is 5.